The third-order valence-electron chi connectivity index (χ3n) is 1.52. The second-order valence-corrected chi connectivity index (χ2v) is 4.33. The quantitative estimate of drug-likeness (QED) is 0.766. The van der Waals surface area contributed by atoms with Gasteiger partial charge in [-0.2, -0.15) is 0 Å². The summed E-state index contributed by atoms with van der Waals surface area (Å²) in [5, 5.41) is 11.1. The average molecular weight is 250 g/mol. The Hall–Kier alpha value is -0.160. The molecule has 0 bridgehead atoms. The smallest absolute Gasteiger partial charge is 0.208 e. The fourth-order valence-corrected chi connectivity index (χ4v) is 2.11. The van der Waals surface area contributed by atoms with Gasteiger partial charge in [0, 0.05) is 18.4 Å². The van der Waals surface area contributed by atoms with E-state index in [0.29, 0.717) is 0 Å². The van der Waals surface area contributed by atoms with Gasteiger partial charge >= 0.3 is 0 Å². The molecule has 0 aromatic carbocycles. The van der Waals surface area contributed by atoms with Gasteiger partial charge in [-0.15, -0.1) is 10.2 Å². The van der Waals surface area contributed by atoms with Crippen LogP contribution in [0.4, 0.5) is 5.13 Å². The molecule has 68 valence electrons. The molecular weight excluding hydrogens is 238 g/mol. The van der Waals surface area contributed by atoms with Gasteiger partial charge in [-0.25, -0.2) is 0 Å². The fraction of sp³-hybridized carbons (Fsp3) is 0.714. The first-order valence-corrected chi connectivity index (χ1v) is 5.82. The van der Waals surface area contributed by atoms with Gasteiger partial charge in [-0.1, -0.05) is 27.3 Å². The summed E-state index contributed by atoms with van der Waals surface area (Å²) in [4.78, 5) is 2.21. The van der Waals surface area contributed by atoms with Crippen molar-refractivity contribution in [1.29, 1.82) is 0 Å². The van der Waals surface area contributed by atoms with Crippen LogP contribution in [0.15, 0.2) is 0 Å². The zero-order chi connectivity index (χ0) is 8.97. The van der Waals surface area contributed by atoms with Gasteiger partial charge < -0.3 is 4.90 Å². The summed E-state index contributed by atoms with van der Waals surface area (Å²) in [6, 6.07) is 0. The van der Waals surface area contributed by atoms with Crippen molar-refractivity contribution in [3.05, 3.63) is 5.01 Å². The lowest BCUT2D eigenvalue weighted by molar-refractivity contribution is 0.852. The van der Waals surface area contributed by atoms with E-state index in [-0.39, 0.29) is 0 Å². The van der Waals surface area contributed by atoms with E-state index in [0.717, 1.165) is 28.6 Å². The van der Waals surface area contributed by atoms with Gasteiger partial charge in [-0.05, 0) is 13.8 Å². The van der Waals surface area contributed by atoms with Crippen LogP contribution in [0.2, 0.25) is 0 Å². The van der Waals surface area contributed by atoms with E-state index in [9.17, 15) is 0 Å². The van der Waals surface area contributed by atoms with Crippen molar-refractivity contribution in [3.8, 4) is 0 Å². The first kappa shape index (κ1) is 9.92. The second-order valence-electron chi connectivity index (χ2n) is 2.37. The van der Waals surface area contributed by atoms with Gasteiger partial charge in [0.15, 0.2) is 0 Å². The molecule has 1 aromatic rings. The van der Waals surface area contributed by atoms with Crippen LogP contribution >= 0.6 is 27.3 Å². The Bertz CT molecular complexity index is 238. The van der Waals surface area contributed by atoms with Crippen molar-refractivity contribution in [3.63, 3.8) is 0 Å². The molecule has 0 atom stereocenters. The molecule has 0 unspecified atom stereocenters. The van der Waals surface area contributed by atoms with E-state index >= 15 is 0 Å². The number of halogens is 1. The molecule has 3 nitrogen and oxygen atoms in total. The summed E-state index contributed by atoms with van der Waals surface area (Å²) in [7, 11) is 0. The van der Waals surface area contributed by atoms with Crippen LogP contribution in [0.1, 0.15) is 11.9 Å². The molecule has 0 fully saturated rings. The molecule has 5 heteroatoms. The van der Waals surface area contributed by atoms with Gasteiger partial charge in [-0.3, -0.25) is 0 Å². The zero-order valence-electron chi connectivity index (χ0n) is 7.25. The average Bonchev–Trinajstić information content (AvgIpc) is 2.47. The van der Waals surface area contributed by atoms with Crippen molar-refractivity contribution in [2.75, 3.05) is 23.3 Å². The Labute approximate surface area is 84.9 Å². The second kappa shape index (κ2) is 4.77. The SMILES string of the molecule is CCN(CCBr)c1nnc(C)s1. The largest absolute Gasteiger partial charge is 0.346 e. The maximum Gasteiger partial charge on any atom is 0.208 e. The van der Waals surface area contributed by atoms with Crippen LogP contribution in [0.5, 0.6) is 0 Å². The van der Waals surface area contributed by atoms with Crippen molar-refractivity contribution in [2.45, 2.75) is 13.8 Å². The highest BCUT2D eigenvalue weighted by molar-refractivity contribution is 9.09. The molecule has 12 heavy (non-hydrogen) atoms. The Morgan fingerprint density at radius 2 is 2.25 bits per heavy atom. The maximum atomic E-state index is 4.08. The van der Waals surface area contributed by atoms with Crippen LogP contribution in [0.25, 0.3) is 0 Å². The van der Waals surface area contributed by atoms with Crippen molar-refractivity contribution < 1.29 is 0 Å². The predicted octanol–water partition coefficient (Wildman–Crippen LogP) is 2.07. The molecule has 0 radical (unpaired) electrons. The molecule has 0 aliphatic carbocycles. The van der Waals surface area contributed by atoms with E-state index < -0.39 is 0 Å². The molecule has 1 aromatic heterocycles. The van der Waals surface area contributed by atoms with Crippen LogP contribution in [-0.4, -0.2) is 28.6 Å². The van der Waals surface area contributed by atoms with E-state index in [4.69, 9.17) is 0 Å². The monoisotopic (exact) mass is 249 g/mol. The molecule has 1 rings (SSSR count). The topological polar surface area (TPSA) is 29.0 Å². The maximum absolute atomic E-state index is 4.08. The normalized spacial score (nSPS) is 10.2. The van der Waals surface area contributed by atoms with Crippen LogP contribution < -0.4 is 4.90 Å². The van der Waals surface area contributed by atoms with Gasteiger partial charge in [0.1, 0.15) is 5.01 Å². The zero-order valence-corrected chi connectivity index (χ0v) is 9.65. The highest BCUT2D eigenvalue weighted by Gasteiger charge is 2.07. The summed E-state index contributed by atoms with van der Waals surface area (Å²) in [5.41, 5.74) is 0. The van der Waals surface area contributed by atoms with Crippen molar-refractivity contribution in [2.24, 2.45) is 0 Å². The van der Waals surface area contributed by atoms with Gasteiger partial charge in [0.05, 0.1) is 0 Å². The molecule has 0 aliphatic heterocycles. The number of aromatic nitrogens is 2. The molecule has 0 aliphatic rings. The van der Waals surface area contributed by atoms with Gasteiger partial charge in [0.2, 0.25) is 5.13 Å². The number of rotatable bonds is 4. The molecular formula is C7H12BrN3S. The number of aryl methyl sites for hydroxylation is 1. The third kappa shape index (κ3) is 2.42. The van der Waals surface area contributed by atoms with E-state index in [2.05, 4.69) is 38.0 Å². The van der Waals surface area contributed by atoms with Crippen LogP contribution in [0.3, 0.4) is 0 Å². The first-order chi connectivity index (χ1) is 5.77. The highest BCUT2D eigenvalue weighted by Crippen LogP contribution is 2.18. The summed E-state index contributed by atoms with van der Waals surface area (Å²) < 4.78 is 0. The van der Waals surface area contributed by atoms with Crippen LogP contribution in [-0.2, 0) is 0 Å². The molecule has 0 spiro atoms. The van der Waals surface area contributed by atoms with Crippen molar-refractivity contribution in [1.82, 2.24) is 10.2 Å². The summed E-state index contributed by atoms with van der Waals surface area (Å²) in [6.45, 7) is 6.08. The summed E-state index contributed by atoms with van der Waals surface area (Å²) in [5.74, 6) is 0. The first-order valence-electron chi connectivity index (χ1n) is 3.89. The minimum atomic E-state index is 0.972. The number of nitrogens with zero attached hydrogens (tertiary/aromatic N) is 3. The molecule has 0 N–H and O–H groups in total. The summed E-state index contributed by atoms with van der Waals surface area (Å²) >= 11 is 5.05. The van der Waals surface area contributed by atoms with E-state index in [1.165, 1.54) is 0 Å². The fourth-order valence-electron chi connectivity index (χ4n) is 0.905. The lowest BCUT2D eigenvalue weighted by Gasteiger charge is -2.16. The Morgan fingerprint density at radius 1 is 1.50 bits per heavy atom. The lowest BCUT2D eigenvalue weighted by Crippen LogP contribution is -2.24. The predicted molar refractivity (Wildman–Crippen MR) is 56.3 cm³/mol. The molecule has 0 amide bonds. The molecule has 0 saturated carbocycles. The van der Waals surface area contributed by atoms with E-state index in [1.807, 2.05) is 6.92 Å². The van der Waals surface area contributed by atoms with Gasteiger partial charge in [0.25, 0.3) is 0 Å². The van der Waals surface area contributed by atoms with Crippen LogP contribution in [0, 0.1) is 6.92 Å². The number of hydrogen-bond donors (Lipinski definition) is 0. The molecule has 1 heterocycles. The Morgan fingerprint density at radius 3 is 2.67 bits per heavy atom. The highest BCUT2D eigenvalue weighted by atomic mass is 79.9. The number of hydrogen-bond acceptors (Lipinski definition) is 4. The third-order valence-corrected chi connectivity index (χ3v) is 2.78. The summed E-state index contributed by atoms with van der Waals surface area (Å²) in [6.07, 6.45) is 0. The minimum Gasteiger partial charge on any atom is -0.346 e. The lowest BCUT2D eigenvalue weighted by atomic mass is 10.6. The Balaban J connectivity index is 2.66. The van der Waals surface area contributed by atoms with Crippen molar-refractivity contribution >= 4 is 32.4 Å². The Kier molecular flexibility index (Phi) is 3.94. The number of alkyl halides is 1. The number of anilines is 1. The molecule has 0 saturated heterocycles. The van der Waals surface area contributed by atoms with E-state index in [1.54, 1.807) is 11.3 Å². The standard InChI is InChI=1S/C7H12BrN3S/c1-3-11(5-4-8)7-10-9-6(2)12-7/h3-5H2,1-2H3. The minimum absolute atomic E-state index is 0.972.